The third-order valence-electron chi connectivity index (χ3n) is 5.60. The van der Waals surface area contributed by atoms with Crippen LogP contribution < -0.4 is 4.74 Å². The Hall–Kier alpha value is -3.45. The van der Waals surface area contributed by atoms with E-state index in [1.165, 1.54) is 21.9 Å². The van der Waals surface area contributed by atoms with Crippen molar-refractivity contribution in [2.75, 3.05) is 26.2 Å². The molecule has 33 heavy (non-hydrogen) atoms. The van der Waals surface area contributed by atoms with Gasteiger partial charge in [0.05, 0.1) is 6.04 Å². The molecule has 0 saturated heterocycles. The molecule has 4 rings (SSSR count). The molecule has 1 aliphatic rings. The summed E-state index contributed by atoms with van der Waals surface area (Å²) in [4.78, 5) is 30.9. The average molecular weight is 465 g/mol. The molecule has 0 bridgehead atoms. The summed E-state index contributed by atoms with van der Waals surface area (Å²) in [7, 11) is 0. The third kappa shape index (κ3) is 5.31. The Morgan fingerprint density at radius 2 is 2.00 bits per heavy atom. The van der Waals surface area contributed by atoms with Crippen LogP contribution in [-0.2, 0) is 11.2 Å². The molecule has 0 radical (unpaired) electrons. The Balaban J connectivity index is 1.52. The maximum atomic E-state index is 13.6. The molecular formula is C26H25FN2O3S. The molecule has 0 saturated carbocycles. The number of thiophene rings is 1. The van der Waals surface area contributed by atoms with Gasteiger partial charge in [0.15, 0.2) is 0 Å². The van der Waals surface area contributed by atoms with E-state index in [9.17, 15) is 14.0 Å². The van der Waals surface area contributed by atoms with E-state index in [0.717, 1.165) is 12.0 Å². The smallest absolute Gasteiger partial charge is 0.254 e. The SMILES string of the molecule is C=CCN(CC(=O)N1CCc2sccc2[C@H]1COc1cccc(F)c1)C(=O)c1ccccc1. The molecule has 0 unspecified atom stereocenters. The van der Waals surface area contributed by atoms with Crippen molar-refractivity contribution in [3.8, 4) is 5.75 Å². The number of halogens is 1. The molecule has 170 valence electrons. The van der Waals surface area contributed by atoms with Crippen molar-refractivity contribution in [1.29, 1.82) is 0 Å². The van der Waals surface area contributed by atoms with Crippen molar-refractivity contribution in [3.05, 3.63) is 101 Å². The molecular weight excluding hydrogens is 439 g/mol. The number of hydrogen-bond acceptors (Lipinski definition) is 4. The van der Waals surface area contributed by atoms with Crippen LogP contribution in [0.1, 0.15) is 26.8 Å². The summed E-state index contributed by atoms with van der Waals surface area (Å²) in [6, 6.07) is 16.6. The molecule has 3 aromatic rings. The van der Waals surface area contributed by atoms with E-state index >= 15 is 0 Å². The summed E-state index contributed by atoms with van der Waals surface area (Å²) in [6.07, 6.45) is 2.37. The van der Waals surface area contributed by atoms with Gasteiger partial charge in [0.1, 0.15) is 24.7 Å². The number of hydrogen-bond donors (Lipinski definition) is 0. The quantitative estimate of drug-likeness (QED) is 0.453. The number of carbonyl (C=O) groups excluding carboxylic acids is 2. The van der Waals surface area contributed by atoms with Crippen LogP contribution in [0, 0.1) is 5.82 Å². The van der Waals surface area contributed by atoms with Crippen molar-refractivity contribution in [2.24, 2.45) is 0 Å². The highest BCUT2D eigenvalue weighted by atomic mass is 32.1. The summed E-state index contributed by atoms with van der Waals surface area (Å²) in [5, 5.41) is 2.01. The maximum absolute atomic E-state index is 13.6. The highest BCUT2D eigenvalue weighted by molar-refractivity contribution is 7.10. The van der Waals surface area contributed by atoms with Crippen molar-refractivity contribution < 1.29 is 18.7 Å². The number of carbonyl (C=O) groups is 2. The molecule has 7 heteroatoms. The van der Waals surface area contributed by atoms with Gasteiger partial charge in [-0.15, -0.1) is 17.9 Å². The molecule has 0 spiro atoms. The van der Waals surface area contributed by atoms with Crippen LogP contribution in [0.3, 0.4) is 0 Å². The molecule has 1 aliphatic heterocycles. The van der Waals surface area contributed by atoms with E-state index in [-0.39, 0.29) is 43.4 Å². The predicted molar refractivity (Wildman–Crippen MR) is 127 cm³/mol. The minimum atomic E-state index is -0.375. The van der Waals surface area contributed by atoms with E-state index in [2.05, 4.69) is 6.58 Å². The van der Waals surface area contributed by atoms with Crippen LogP contribution in [0.4, 0.5) is 4.39 Å². The zero-order valence-corrected chi connectivity index (χ0v) is 19.0. The van der Waals surface area contributed by atoms with Crippen LogP contribution in [0.25, 0.3) is 0 Å². The topological polar surface area (TPSA) is 49.9 Å². The normalized spacial score (nSPS) is 14.9. The number of amides is 2. The second kappa shape index (κ2) is 10.4. The summed E-state index contributed by atoms with van der Waals surface area (Å²) < 4.78 is 19.4. The second-order valence-electron chi connectivity index (χ2n) is 7.76. The summed E-state index contributed by atoms with van der Waals surface area (Å²) in [5.41, 5.74) is 1.57. The molecule has 1 atom stereocenters. The van der Waals surface area contributed by atoms with E-state index in [0.29, 0.717) is 17.9 Å². The van der Waals surface area contributed by atoms with Gasteiger partial charge in [-0.3, -0.25) is 9.59 Å². The fourth-order valence-corrected chi connectivity index (χ4v) is 4.93. The summed E-state index contributed by atoms with van der Waals surface area (Å²) >= 11 is 1.66. The zero-order chi connectivity index (χ0) is 23.2. The van der Waals surface area contributed by atoms with E-state index < -0.39 is 0 Å². The highest BCUT2D eigenvalue weighted by Crippen LogP contribution is 2.34. The van der Waals surface area contributed by atoms with Gasteiger partial charge in [0.2, 0.25) is 5.91 Å². The van der Waals surface area contributed by atoms with Crippen LogP contribution in [0.5, 0.6) is 5.75 Å². The van der Waals surface area contributed by atoms with Gasteiger partial charge in [0.25, 0.3) is 5.91 Å². The van der Waals surface area contributed by atoms with Gasteiger partial charge in [-0.2, -0.15) is 0 Å². The molecule has 5 nitrogen and oxygen atoms in total. The fraction of sp³-hybridized carbons (Fsp3) is 0.231. The van der Waals surface area contributed by atoms with E-state index in [1.54, 1.807) is 58.7 Å². The Labute approximate surface area is 196 Å². The zero-order valence-electron chi connectivity index (χ0n) is 18.2. The first-order chi connectivity index (χ1) is 16.1. The second-order valence-corrected chi connectivity index (χ2v) is 8.76. The molecule has 1 aromatic heterocycles. The average Bonchev–Trinajstić information content (AvgIpc) is 3.31. The molecule has 2 aromatic carbocycles. The Morgan fingerprint density at radius 3 is 2.76 bits per heavy atom. The van der Waals surface area contributed by atoms with Crippen LogP contribution in [-0.4, -0.2) is 47.9 Å². The number of nitrogens with zero attached hydrogens (tertiary/aromatic N) is 2. The number of rotatable bonds is 8. The largest absolute Gasteiger partial charge is 0.491 e. The Bertz CT molecular complexity index is 1130. The molecule has 0 fully saturated rings. The van der Waals surface area contributed by atoms with Crippen molar-refractivity contribution in [3.63, 3.8) is 0 Å². The number of ether oxygens (including phenoxy) is 1. The highest BCUT2D eigenvalue weighted by Gasteiger charge is 2.33. The minimum absolute atomic E-state index is 0.0598. The Kier molecular flexibility index (Phi) is 7.19. The van der Waals surface area contributed by atoms with Crippen LogP contribution in [0.2, 0.25) is 0 Å². The minimum Gasteiger partial charge on any atom is -0.491 e. The maximum Gasteiger partial charge on any atom is 0.254 e. The monoisotopic (exact) mass is 464 g/mol. The van der Waals surface area contributed by atoms with Gasteiger partial charge in [-0.25, -0.2) is 4.39 Å². The first-order valence-corrected chi connectivity index (χ1v) is 11.6. The first kappa shape index (κ1) is 22.7. The van der Waals surface area contributed by atoms with Gasteiger partial charge in [0, 0.05) is 29.6 Å². The lowest BCUT2D eigenvalue weighted by Gasteiger charge is -2.37. The summed E-state index contributed by atoms with van der Waals surface area (Å²) in [5.74, 6) is -0.340. The van der Waals surface area contributed by atoms with Gasteiger partial charge >= 0.3 is 0 Å². The predicted octanol–water partition coefficient (Wildman–Crippen LogP) is 4.72. The molecule has 0 aliphatic carbocycles. The molecule has 0 N–H and O–H groups in total. The van der Waals surface area contributed by atoms with Crippen molar-refractivity contribution in [2.45, 2.75) is 12.5 Å². The standard InChI is InChI=1S/C26H25FN2O3S/c1-2-13-28(26(31)19-7-4-3-5-8-19)17-25(30)29-14-11-24-22(12-15-33-24)23(29)18-32-21-10-6-9-20(27)16-21/h2-10,12,15-16,23H,1,11,13-14,17-18H2/t23-/m1/s1. The van der Waals surface area contributed by atoms with E-state index in [4.69, 9.17) is 4.74 Å². The summed E-state index contributed by atoms with van der Waals surface area (Å²) in [6.45, 7) is 4.68. The number of benzene rings is 2. The van der Waals surface area contributed by atoms with Crippen molar-refractivity contribution in [1.82, 2.24) is 9.80 Å². The van der Waals surface area contributed by atoms with Gasteiger partial charge in [-0.05, 0) is 47.7 Å². The first-order valence-electron chi connectivity index (χ1n) is 10.8. The fourth-order valence-electron chi connectivity index (χ4n) is 4.00. The Morgan fingerprint density at radius 1 is 1.18 bits per heavy atom. The number of fused-ring (bicyclic) bond motifs is 1. The van der Waals surface area contributed by atoms with E-state index in [1.807, 2.05) is 17.5 Å². The molecule has 2 amide bonds. The lowest BCUT2D eigenvalue weighted by Crippen LogP contribution is -2.47. The lowest BCUT2D eigenvalue weighted by atomic mass is 10.0. The van der Waals surface area contributed by atoms with Crippen LogP contribution >= 0.6 is 11.3 Å². The van der Waals surface area contributed by atoms with Crippen molar-refractivity contribution >= 4 is 23.2 Å². The molecule has 2 heterocycles. The third-order valence-corrected chi connectivity index (χ3v) is 6.60. The van der Waals surface area contributed by atoms with Crippen LogP contribution in [0.15, 0.2) is 78.7 Å². The van der Waals surface area contributed by atoms with Gasteiger partial charge < -0.3 is 14.5 Å². The van der Waals surface area contributed by atoms with Gasteiger partial charge in [-0.1, -0.05) is 30.3 Å². The lowest BCUT2D eigenvalue weighted by molar-refractivity contribution is -0.135.